The van der Waals surface area contributed by atoms with Crippen LogP contribution in [-0.4, -0.2) is 19.9 Å². The summed E-state index contributed by atoms with van der Waals surface area (Å²) in [6, 6.07) is 2.76. The molecule has 0 saturated heterocycles. The summed E-state index contributed by atoms with van der Waals surface area (Å²) in [6.07, 6.45) is -1.80. The molecule has 17 heavy (non-hydrogen) atoms. The van der Waals surface area contributed by atoms with Gasteiger partial charge < -0.3 is 5.11 Å². The van der Waals surface area contributed by atoms with Crippen molar-refractivity contribution in [1.82, 2.24) is 14.8 Å². The monoisotopic (exact) mass is 243 g/mol. The first-order valence-electron chi connectivity index (χ1n) is 4.68. The van der Waals surface area contributed by atoms with E-state index in [9.17, 15) is 18.3 Å². The fraction of sp³-hybridized carbons (Fsp3) is 0.200. The van der Waals surface area contributed by atoms with Gasteiger partial charge in [-0.05, 0) is 18.2 Å². The van der Waals surface area contributed by atoms with Crippen LogP contribution in [0.15, 0.2) is 30.9 Å². The molecule has 2 aromatic rings. The zero-order chi connectivity index (χ0) is 12.5. The molecule has 1 N–H and O–H groups in total. The molecule has 1 heterocycles. The molecule has 0 atom stereocenters. The molecule has 1 aromatic heterocycles. The highest BCUT2D eigenvalue weighted by Crippen LogP contribution is 2.32. The summed E-state index contributed by atoms with van der Waals surface area (Å²) in [5.74, 6) is -0.200. The molecule has 7 heteroatoms. The van der Waals surface area contributed by atoms with Crippen LogP contribution in [0.25, 0.3) is 0 Å². The van der Waals surface area contributed by atoms with Crippen LogP contribution in [0, 0.1) is 0 Å². The maximum absolute atomic E-state index is 12.5. The summed E-state index contributed by atoms with van der Waals surface area (Å²) in [6.45, 7) is 0.0375. The number of phenols is 1. The van der Waals surface area contributed by atoms with E-state index in [0.717, 1.165) is 18.2 Å². The first-order chi connectivity index (χ1) is 7.97. The Morgan fingerprint density at radius 2 is 2.06 bits per heavy atom. The Balaban J connectivity index is 2.33. The quantitative estimate of drug-likeness (QED) is 0.878. The second-order valence-electron chi connectivity index (χ2n) is 3.43. The van der Waals surface area contributed by atoms with Crippen LogP contribution in [0.3, 0.4) is 0 Å². The van der Waals surface area contributed by atoms with E-state index in [1.165, 1.54) is 17.3 Å². The highest BCUT2D eigenvalue weighted by Gasteiger charge is 2.31. The minimum absolute atomic E-state index is 0.0375. The van der Waals surface area contributed by atoms with Gasteiger partial charge in [0.1, 0.15) is 18.4 Å². The SMILES string of the molecule is Oc1ccc(C(F)(F)F)cc1Cn1cncn1. The average Bonchev–Trinajstić information content (AvgIpc) is 2.72. The van der Waals surface area contributed by atoms with Crippen molar-refractivity contribution in [1.29, 1.82) is 0 Å². The van der Waals surface area contributed by atoms with E-state index in [4.69, 9.17) is 0 Å². The molecule has 0 aliphatic rings. The molecule has 0 aliphatic heterocycles. The Bertz CT molecular complexity index is 508. The normalized spacial score (nSPS) is 11.7. The van der Waals surface area contributed by atoms with Crippen LogP contribution >= 0.6 is 0 Å². The molecule has 90 valence electrons. The number of hydrogen-bond donors (Lipinski definition) is 1. The molecular formula is C10H8F3N3O. The highest BCUT2D eigenvalue weighted by molar-refractivity contribution is 5.37. The molecule has 4 nitrogen and oxygen atoms in total. The van der Waals surface area contributed by atoms with Gasteiger partial charge in [0.05, 0.1) is 12.1 Å². The maximum Gasteiger partial charge on any atom is 0.416 e. The summed E-state index contributed by atoms with van der Waals surface area (Å²) >= 11 is 0. The van der Waals surface area contributed by atoms with Gasteiger partial charge in [-0.25, -0.2) is 9.67 Å². The minimum Gasteiger partial charge on any atom is -0.508 e. The van der Waals surface area contributed by atoms with Crippen molar-refractivity contribution in [2.45, 2.75) is 12.7 Å². The highest BCUT2D eigenvalue weighted by atomic mass is 19.4. The molecule has 0 aliphatic carbocycles. The van der Waals surface area contributed by atoms with Gasteiger partial charge in [0, 0.05) is 5.56 Å². The van der Waals surface area contributed by atoms with Crippen molar-refractivity contribution < 1.29 is 18.3 Å². The van der Waals surface area contributed by atoms with Crippen molar-refractivity contribution >= 4 is 0 Å². The van der Waals surface area contributed by atoms with Crippen molar-refractivity contribution in [2.24, 2.45) is 0 Å². The zero-order valence-corrected chi connectivity index (χ0v) is 8.52. The van der Waals surface area contributed by atoms with Crippen LogP contribution in [-0.2, 0) is 12.7 Å². The van der Waals surface area contributed by atoms with Gasteiger partial charge in [-0.3, -0.25) is 0 Å². The van der Waals surface area contributed by atoms with E-state index < -0.39 is 11.7 Å². The predicted octanol–water partition coefficient (Wildman–Crippen LogP) is 2.05. The average molecular weight is 243 g/mol. The molecule has 1 aromatic carbocycles. The fourth-order valence-corrected chi connectivity index (χ4v) is 1.38. The molecule has 0 saturated carbocycles. The van der Waals surface area contributed by atoms with Crippen molar-refractivity contribution in [3.05, 3.63) is 42.0 Å². The van der Waals surface area contributed by atoms with Crippen molar-refractivity contribution in [2.75, 3.05) is 0 Å². The molecule has 0 unspecified atom stereocenters. The summed E-state index contributed by atoms with van der Waals surface area (Å²) in [7, 11) is 0. The van der Waals surface area contributed by atoms with Crippen LogP contribution in [0.4, 0.5) is 13.2 Å². The maximum atomic E-state index is 12.5. The second kappa shape index (κ2) is 4.08. The molecule has 0 fully saturated rings. The standard InChI is InChI=1S/C10H8F3N3O/c11-10(12,13)8-1-2-9(17)7(3-8)4-16-6-14-5-15-16/h1-3,5-6,17H,4H2. The van der Waals surface area contributed by atoms with Gasteiger partial charge in [-0.1, -0.05) is 0 Å². The molecule has 0 bridgehead atoms. The number of nitrogens with zero attached hydrogens (tertiary/aromatic N) is 3. The summed E-state index contributed by atoms with van der Waals surface area (Å²) < 4.78 is 38.7. The first kappa shape index (κ1) is 11.4. The van der Waals surface area contributed by atoms with E-state index in [2.05, 4.69) is 10.1 Å². The van der Waals surface area contributed by atoms with Gasteiger partial charge >= 0.3 is 6.18 Å². The van der Waals surface area contributed by atoms with Gasteiger partial charge in [0.25, 0.3) is 0 Å². The third kappa shape index (κ3) is 2.55. The topological polar surface area (TPSA) is 50.9 Å². The van der Waals surface area contributed by atoms with Crippen LogP contribution in [0.2, 0.25) is 0 Å². The zero-order valence-electron chi connectivity index (χ0n) is 8.52. The Labute approximate surface area is 94.3 Å². The number of rotatable bonds is 2. The molecule has 0 spiro atoms. The van der Waals surface area contributed by atoms with Gasteiger partial charge in [0.15, 0.2) is 0 Å². The third-order valence-electron chi connectivity index (χ3n) is 2.21. The number of aromatic hydroxyl groups is 1. The number of hydrogen-bond acceptors (Lipinski definition) is 3. The fourth-order valence-electron chi connectivity index (χ4n) is 1.38. The van der Waals surface area contributed by atoms with Gasteiger partial charge in [0.2, 0.25) is 0 Å². The van der Waals surface area contributed by atoms with E-state index >= 15 is 0 Å². The molecule has 0 radical (unpaired) electrons. The number of benzene rings is 1. The summed E-state index contributed by atoms with van der Waals surface area (Å²) in [5.41, 5.74) is -0.657. The van der Waals surface area contributed by atoms with Crippen LogP contribution in [0.1, 0.15) is 11.1 Å². The summed E-state index contributed by atoms with van der Waals surface area (Å²) in [5, 5.41) is 13.2. The lowest BCUT2D eigenvalue weighted by atomic mass is 10.1. The Kier molecular flexibility index (Phi) is 2.74. The Hall–Kier alpha value is -2.05. The van der Waals surface area contributed by atoms with E-state index in [0.29, 0.717) is 0 Å². The molecule has 2 rings (SSSR count). The lowest BCUT2D eigenvalue weighted by molar-refractivity contribution is -0.137. The van der Waals surface area contributed by atoms with E-state index in [1.54, 1.807) is 0 Å². The Morgan fingerprint density at radius 1 is 1.29 bits per heavy atom. The minimum atomic E-state index is -4.43. The van der Waals surface area contributed by atoms with Gasteiger partial charge in [-0.2, -0.15) is 18.3 Å². The smallest absolute Gasteiger partial charge is 0.416 e. The summed E-state index contributed by atoms with van der Waals surface area (Å²) in [4.78, 5) is 3.67. The number of halogens is 3. The predicted molar refractivity (Wildman–Crippen MR) is 52.2 cm³/mol. The van der Waals surface area contributed by atoms with Crippen LogP contribution < -0.4 is 0 Å². The largest absolute Gasteiger partial charge is 0.508 e. The van der Waals surface area contributed by atoms with E-state index in [-0.39, 0.29) is 17.9 Å². The number of phenolic OH excluding ortho intramolecular Hbond substituents is 1. The molecule has 0 amide bonds. The second-order valence-corrected chi connectivity index (χ2v) is 3.43. The third-order valence-corrected chi connectivity index (χ3v) is 2.21. The molecular weight excluding hydrogens is 235 g/mol. The lowest BCUT2D eigenvalue weighted by Crippen LogP contribution is -2.07. The lowest BCUT2D eigenvalue weighted by Gasteiger charge is -2.10. The van der Waals surface area contributed by atoms with Crippen molar-refractivity contribution in [3.63, 3.8) is 0 Å². The number of alkyl halides is 3. The number of aromatic nitrogens is 3. The van der Waals surface area contributed by atoms with Crippen molar-refractivity contribution in [3.8, 4) is 5.75 Å². The van der Waals surface area contributed by atoms with Crippen LogP contribution in [0.5, 0.6) is 5.75 Å². The van der Waals surface area contributed by atoms with Gasteiger partial charge in [-0.15, -0.1) is 0 Å². The van der Waals surface area contributed by atoms with E-state index in [1.807, 2.05) is 0 Å². The first-order valence-corrected chi connectivity index (χ1v) is 4.68. The Morgan fingerprint density at radius 3 is 2.65 bits per heavy atom.